The Morgan fingerprint density at radius 3 is 1.36 bits per heavy atom. The van der Waals surface area contributed by atoms with Gasteiger partial charge in [-0.05, 0) is 23.5 Å². The summed E-state index contributed by atoms with van der Waals surface area (Å²) in [6.07, 6.45) is 4.72. The molecule has 0 saturated heterocycles. The summed E-state index contributed by atoms with van der Waals surface area (Å²) in [6.45, 7) is 7.81. The first kappa shape index (κ1) is 40.4. The van der Waals surface area contributed by atoms with Crippen LogP contribution >= 0.6 is 14.3 Å². The Balaban J connectivity index is 0.00000257. The van der Waals surface area contributed by atoms with Crippen molar-refractivity contribution in [2.24, 2.45) is 0 Å². The summed E-state index contributed by atoms with van der Waals surface area (Å²) >= 11 is 0. The van der Waals surface area contributed by atoms with Gasteiger partial charge >= 0.3 is 40.8 Å². The van der Waals surface area contributed by atoms with Crippen molar-refractivity contribution in [3.8, 4) is 28.5 Å². The van der Waals surface area contributed by atoms with Crippen LogP contribution in [0.1, 0.15) is 27.7 Å². The van der Waals surface area contributed by atoms with Gasteiger partial charge in [-0.3, -0.25) is 0 Å². The zero-order chi connectivity index (χ0) is 36.7. The molecule has 9 nitrogen and oxygen atoms in total. The molecule has 0 saturated carbocycles. The number of hydrogen-bond donors (Lipinski definition) is 0. The number of hydrogen-bond acceptors (Lipinski definition) is 8. The molecule has 4 aromatic carbocycles. The SMILES string of the molecule is CC(C)P(=O)(c1[c-]c(-c2ccccn2)ccc1)c1[c-]c2c(cc1)c1ccc(P(=O)(c3[c-]c(-c4ccccn4)ccc3)C(C)C)[c-]c1n2-c1nncnn1.[Pd+2].[Pd+2]. The standard InChI is InChI=1S/C42H33N7O2P2.2Pd/c1-28(2)52(50,32-13-9-11-30(23-32)38-15-5-7-21-43-38)34-17-19-36-37-20-18-35(26-41(37)49(40(36)25-34)42-47-45-27-46-48-42)53(51,29(3)4)33-14-10-12-31(24-33)39-16-6-8-22-44-39;;/h5-22,27-29H,1-4H3;;/q-4;2*+2. The van der Waals surface area contributed by atoms with Gasteiger partial charge in [0.25, 0.3) is 5.95 Å². The van der Waals surface area contributed by atoms with Crippen LogP contribution in [0.5, 0.6) is 0 Å². The van der Waals surface area contributed by atoms with E-state index in [0.717, 1.165) is 33.3 Å². The van der Waals surface area contributed by atoms with Crippen molar-refractivity contribution in [1.82, 2.24) is 34.9 Å². The van der Waals surface area contributed by atoms with E-state index in [1.54, 1.807) is 17.0 Å². The van der Waals surface area contributed by atoms with E-state index < -0.39 is 14.3 Å². The summed E-state index contributed by atoms with van der Waals surface area (Å²) < 4.78 is 32.5. The van der Waals surface area contributed by atoms with E-state index in [1.165, 1.54) is 6.33 Å². The molecular weight excluding hydrogens is 909 g/mol. The van der Waals surface area contributed by atoms with Crippen LogP contribution in [0.4, 0.5) is 0 Å². The summed E-state index contributed by atoms with van der Waals surface area (Å²) in [4.78, 5) is 8.97. The monoisotopic (exact) mass is 941 g/mol. The van der Waals surface area contributed by atoms with Crippen LogP contribution in [0.2, 0.25) is 0 Å². The topological polar surface area (TPSA) is 116 Å². The van der Waals surface area contributed by atoms with E-state index in [0.29, 0.717) is 32.3 Å². The van der Waals surface area contributed by atoms with Crippen LogP contribution in [-0.2, 0) is 50.0 Å². The minimum atomic E-state index is -3.31. The van der Waals surface area contributed by atoms with Crippen LogP contribution in [-0.4, -0.2) is 46.2 Å². The third kappa shape index (κ3) is 7.16. The fourth-order valence-corrected chi connectivity index (χ4v) is 11.8. The quantitative estimate of drug-likeness (QED) is 0.0854. The van der Waals surface area contributed by atoms with Crippen molar-refractivity contribution in [3.05, 3.63) is 140 Å². The molecule has 0 aliphatic heterocycles. The van der Waals surface area contributed by atoms with Crippen LogP contribution in [0.3, 0.4) is 0 Å². The molecule has 0 aliphatic carbocycles. The average molecular weight is 943 g/mol. The van der Waals surface area contributed by atoms with Crippen molar-refractivity contribution >= 4 is 57.3 Å². The van der Waals surface area contributed by atoms with Gasteiger partial charge in [-0.2, -0.15) is 35.0 Å². The molecule has 0 fully saturated rings. The second-order valence-corrected chi connectivity index (χ2v) is 19.9. The molecule has 8 rings (SSSR count). The van der Waals surface area contributed by atoms with Gasteiger partial charge in [0, 0.05) is 23.7 Å². The molecule has 0 N–H and O–H groups in total. The van der Waals surface area contributed by atoms with Crippen LogP contribution in [0.25, 0.3) is 50.3 Å². The number of aromatic nitrogens is 7. The van der Waals surface area contributed by atoms with Gasteiger partial charge in [0.1, 0.15) is 14.3 Å². The molecule has 4 aromatic heterocycles. The predicted molar refractivity (Wildman–Crippen MR) is 211 cm³/mol. The Hall–Kier alpha value is -4.30. The Kier molecular flexibility index (Phi) is 12.1. The Morgan fingerprint density at radius 1 is 0.527 bits per heavy atom. The second kappa shape index (κ2) is 16.4. The maximum atomic E-state index is 15.4. The molecule has 4 heterocycles. The van der Waals surface area contributed by atoms with Crippen LogP contribution < -0.4 is 21.2 Å². The van der Waals surface area contributed by atoms with E-state index in [4.69, 9.17) is 0 Å². The molecule has 0 aliphatic rings. The second-order valence-electron chi connectivity index (χ2n) is 13.2. The van der Waals surface area contributed by atoms with E-state index in [1.807, 2.05) is 125 Å². The van der Waals surface area contributed by atoms with Gasteiger partial charge in [-0.1, -0.05) is 84.2 Å². The molecular formula is C42H33N7O2P2Pd2. The maximum Gasteiger partial charge on any atom is 2.00 e. The summed E-state index contributed by atoms with van der Waals surface area (Å²) in [5.41, 5.74) is 3.62. The maximum absolute atomic E-state index is 15.4. The van der Waals surface area contributed by atoms with Gasteiger partial charge < -0.3 is 23.7 Å². The average Bonchev–Trinajstić information content (AvgIpc) is 3.54. The molecule has 55 heavy (non-hydrogen) atoms. The third-order valence-corrected chi connectivity index (χ3v) is 16.3. The molecule has 0 bridgehead atoms. The van der Waals surface area contributed by atoms with Gasteiger partial charge in [-0.25, -0.2) is 0 Å². The summed E-state index contributed by atoms with van der Waals surface area (Å²) in [7, 11) is -6.62. The normalized spacial score (nSPS) is 13.6. The molecule has 0 radical (unpaired) electrons. The molecule has 0 spiro atoms. The van der Waals surface area contributed by atoms with E-state index in [-0.39, 0.29) is 58.1 Å². The van der Waals surface area contributed by atoms with E-state index in [9.17, 15) is 0 Å². The Bertz CT molecular complexity index is 2550. The summed E-state index contributed by atoms with van der Waals surface area (Å²) in [5, 5.41) is 20.5. The van der Waals surface area contributed by atoms with Crippen molar-refractivity contribution in [1.29, 1.82) is 0 Å². The van der Waals surface area contributed by atoms with Crippen LogP contribution in [0.15, 0.2) is 116 Å². The van der Waals surface area contributed by atoms with E-state index >= 15 is 9.13 Å². The van der Waals surface area contributed by atoms with Crippen molar-refractivity contribution in [2.75, 3.05) is 0 Å². The summed E-state index contributed by atoms with van der Waals surface area (Å²) in [6, 6.07) is 44.3. The van der Waals surface area contributed by atoms with Gasteiger partial charge in [0.2, 0.25) is 0 Å². The number of pyridine rings is 2. The number of rotatable bonds is 9. The van der Waals surface area contributed by atoms with Crippen molar-refractivity contribution in [3.63, 3.8) is 0 Å². The predicted octanol–water partition coefficient (Wildman–Crippen LogP) is 7.13. The molecule has 2 unspecified atom stereocenters. The van der Waals surface area contributed by atoms with Gasteiger partial charge in [0.05, 0.1) is 0 Å². The fourth-order valence-electron chi connectivity index (χ4n) is 6.73. The summed E-state index contributed by atoms with van der Waals surface area (Å²) in [5.74, 6) is 0.181. The number of benzene rings is 4. The Labute approximate surface area is 347 Å². The van der Waals surface area contributed by atoms with E-state index in [2.05, 4.69) is 54.6 Å². The van der Waals surface area contributed by atoms with Crippen LogP contribution in [0, 0.1) is 24.3 Å². The van der Waals surface area contributed by atoms with Crippen molar-refractivity contribution < 1.29 is 50.0 Å². The molecule has 278 valence electrons. The largest absolute Gasteiger partial charge is 2.00 e. The zero-order valence-corrected chi connectivity index (χ0v) is 35.0. The fraction of sp³-hybridized carbons (Fsp3) is 0.143. The minimum Gasteiger partial charge on any atom is -0.326 e. The Morgan fingerprint density at radius 2 is 0.964 bits per heavy atom. The first-order chi connectivity index (χ1) is 25.7. The molecule has 13 heteroatoms. The molecule has 0 amide bonds. The first-order valence-corrected chi connectivity index (χ1v) is 20.8. The van der Waals surface area contributed by atoms with Gasteiger partial charge in [-0.15, -0.1) is 92.2 Å². The minimum absolute atomic E-state index is 0. The smallest absolute Gasteiger partial charge is 0.326 e. The molecule has 8 aromatic rings. The first-order valence-electron chi connectivity index (χ1n) is 17.2. The van der Waals surface area contributed by atoms with Gasteiger partial charge in [0.15, 0.2) is 6.33 Å². The zero-order valence-electron chi connectivity index (χ0n) is 30.1. The third-order valence-electron chi connectivity index (χ3n) is 9.48. The van der Waals surface area contributed by atoms with Crippen molar-refractivity contribution in [2.45, 2.75) is 39.0 Å². The molecule has 2 atom stereocenters. The number of nitrogens with zero attached hydrogens (tertiary/aromatic N) is 7. The number of fused-ring (bicyclic) bond motifs is 3.